The van der Waals surface area contributed by atoms with Gasteiger partial charge in [0.1, 0.15) is 24.1 Å². The first-order chi connectivity index (χ1) is 13.1. The summed E-state index contributed by atoms with van der Waals surface area (Å²) in [4.78, 5) is 0. The van der Waals surface area contributed by atoms with Crippen LogP contribution in [0.5, 0.6) is 0 Å². The Labute approximate surface area is 161 Å². The van der Waals surface area contributed by atoms with Crippen molar-refractivity contribution in [1.29, 1.82) is 0 Å². The van der Waals surface area contributed by atoms with Gasteiger partial charge in [-0.15, -0.1) is 0 Å². The van der Waals surface area contributed by atoms with Gasteiger partial charge in [-0.1, -0.05) is 70.2 Å². The molecule has 2 nitrogen and oxygen atoms in total. The molecular formula is C25H27N2+. The summed E-state index contributed by atoms with van der Waals surface area (Å²) in [6.45, 7) is 9.19. The van der Waals surface area contributed by atoms with E-state index in [4.69, 9.17) is 0 Å². The molecule has 27 heavy (non-hydrogen) atoms. The van der Waals surface area contributed by atoms with Crippen LogP contribution in [0.25, 0.3) is 17.1 Å². The van der Waals surface area contributed by atoms with E-state index in [2.05, 4.69) is 104 Å². The fraction of sp³-hybridized carbons (Fsp3) is 0.320. The van der Waals surface area contributed by atoms with Crippen molar-refractivity contribution in [3.8, 4) is 17.1 Å². The first-order valence-electron chi connectivity index (χ1n) is 10.1. The van der Waals surface area contributed by atoms with Crippen LogP contribution in [0.15, 0.2) is 67.0 Å². The lowest BCUT2D eigenvalue weighted by Crippen LogP contribution is -2.48. The zero-order valence-electron chi connectivity index (χ0n) is 16.6. The number of benzene rings is 2. The van der Waals surface area contributed by atoms with Crippen LogP contribution in [0.4, 0.5) is 0 Å². The summed E-state index contributed by atoms with van der Waals surface area (Å²) in [7, 11) is 0. The van der Waals surface area contributed by atoms with E-state index in [9.17, 15) is 0 Å². The fourth-order valence-electron chi connectivity index (χ4n) is 4.75. The summed E-state index contributed by atoms with van der Waals surface area (Å²) < 4.78 is 4.92. The number of allylic oxidation sites excluding steroid dienone is 2. The maximum absolute atomic E-state index is 2.47. The molecule has 0 N–H and O–H groups in total. The summed E-state index contributed by atoms with van der Waals surface area (Å²) in [5.41, 5.74) is 7.03. The largest absolute Gasteiger partial charge is 0.294 e. The molecule has 0 saturated carbocycles. The van der Waals surface area contributed by atoms with Gasteiger partial charge < -0.3 is 0 Å². The molecule has 0 radical (unpaired) electrons. The van der Waals surface area contributed by atoms with Gasteiger partial charge in [-0.2, -0.15) is 4.57 Å². The van der Waals surface area contributed by atoms with Crippen LogP contribution in [-0.2, 0) is 0 Å². The molecule has 2 unspecified atom stereocenters. The van der Waals surface area contributed by atoms with E-state index in [-0.39, 0.29) is 0 Å². The number of nitrogens with zero attached hydrogens (tertiary/aromatic N) is 2. The lowest BCUT2D eigenvalue weighted by atomic mass is 9.77. The van der Waals surface area contributed by atoms with Gasteiger partial charge in [-0.3, -0.25) is 0 Å². The second kappa shape index (κ2) is 5.95. The van der Waals surface area contributed by atoms with Crippen LogP contribution in [0.3, 0.4) is 0 Å². The quantitative estimate of drug-likeness (QED) is 0.409. The van der Waals surface area contributed by atoms with Gasteiger partial charge in [0.25, 0.3) is 5.82 Å². The summed E-state index contributed by atoms with van der Waals surface area (Å²) in [5.74, 6) is 2.79. The van der Waals surface area contributed by atoms with Crippen molar-refractivity contribution in [1.82, 2.24) is 4.57 Å². The molecule has 2 aromatic carbocycles. The van der Waals surface area contributed by atoms with Crippen LogP contribution >= 0.6 is 0 Å². The van der Waals surface area contributed by atoms with Gasteiger partial charge in [0.15, 0.2) is 0 Å². The number of hydrogen-bond acceptors (Lipinski definition) is 0. The minimum Gasteiger partial charge on any atom is -0.222 e. The highest BCUT2D eigenvalue weighted by Crippen LogP contribution is 2.45. The summed E-state index contributed by atoms with van der Waals surface area (Å²) in [5, 5.41) is 0. The molecular weight excluding hydrogens is 328 g/mol. The van der Waals surface area contributed by atoms with Gasteiger partial charge >= 0.3 is 0 Å². The third-order valence-corrected chi connectivity index (χ3v) is 6.20. The van der Waals surface area contributed by atoms with Gasteiger partial charge in [0.2, 0.25) is 0 Å². The van der Waals surface area contributed by atoms with E-state index in [0.717, 1.165) is 0 Å². The minimum absolute atomic E-state index is 0.449. The maximum Gasteiger partial charge on any atom is 0.294 e. The number of para-hydroxylation sites is 1. The van der Waals surface area contributed by atoms with E-state index in [0.29, 0.717) is 23.8 Å². The molecule has 0 spiro atoms. The second-order valence-electron chi connectivity index (χ2n) is 8.48. The highest BCUT2D eigenvalue weighted by Gasteiger charge is 2.42. The van der Waals surface area contributed by atoms with Crippen LogP contribution in [0.1, 0.15) is 68.2 Å². The van der Waals surface area contributed by atoms with E-state index < -0.39 is 0 Å². The Hall–Kier alpha value is -2.61. The third kappa shape index (κ3) is 2.29. The molecule has 2 heterocycles. The zero-order chi connectivity index (χ0) is 18.7. The summed E-state index contributed by atoms with van der Waals surface area (Å²) in [6, 6.07) is 16.2. The molecule has 3 aromatic rings. The predicted molar refractivity (Wildman–Crippen MR) is 110 cm³/mol. The zero-order valence-corrected chi connectivity index (χ0v) is 16.6. The maximum atomic E-state index is 2.47. The Bertz CT molecular complexity index is 1030. The van der Waals surface area contributed by atoms with Crippen molar-refractivity contribution in [2.45, 2.75) is 51.5 Å². The number of fused-ring (bicyclic) bond motifs is 6. The highest BCUT2D eigenvalue weighted by atomic mass is 15.2. The molecule has 136 valence electrons. The Morgan fingerprint density at radius 1 is 0.852 bits per heavy atom. The lowest BCUT2D eigenvalue weighted by molar-refractivity contribution is -0.708. The molecule has 1 aliphatic carbocycles. The molecule has 2 aliphatic rings. The topological polar surface area (TPSA) is 8.81 Å². The van der Waals surface area contributed by atoms with Gasteiger partial charge in [-0.05, 0) is 29.5 Å². The van der Waals surface area contributed by atoms with Gasteiger partial charge in [-0.25, -0.2) is 4.57 Å². The molecule has 1 aromatic heterocycles. The molecule has 0 saturated heterocycles. The van der Waals surface area contributed by atoms with E-state index >= 15 is 0 Å². The van der Waals surface area contributed by atoms with E-state index in [1.165, 1.54) is 33.8 Å². The molecule has 0 fully saturated rings. The van der Waals surface area contributed by atoms with Crippen molar-refractivity contribution < 1.29 is 4.57 Å². The fourth-order valence-corrected chi connectivity index (χ4v) is 4.75. The minimum atomic E-state index is 0.449. The number of aromatic nitrogens is 2. The number of rotatable bonds is 3. The number of imidazole rings is 1. The van der Waals surface area contributed by atoms with Crippen molar-refractivity contribution >= 4 is 0 Å². The van der Waals surface area contributed by atoms with Crippen molar-refractivity contribution in [3.05, 3.63) is 83.7 Å². The molecule has 5 rings (SSSR count). The van der Waals surface area contributed by atoms with Gasteiger partial charge in [0, 0.05) is 17.0 Å². The molecule has 0 bridgehead atoms. The Balaban J connectivity index is 1.83. The van der Waals surface area contributed by atoms with Crippen molar-refractivity contribution in [3.63, 3.8) is 0 Å². The number of hydrogen-bond donors (Lipinski definition) is 0. The SMILES string of the molecule is CC(C)c1cccc(C(C)C)c1-n1cc[n+]2c1-c1ccccc1C1C=CC12. The Morgan fingerprint density at radius 3 is 2.19 bits per heavy atom. The first-order valence-corrected chi connectivity index (χ1v) is 10.1. The van der Waals surface area contributed by atoms with E-state index in [1.54, 1.807) is 0 Å². The lowest BCUT2D eigenvalue weighted by Gasteiger charge is -2.33. The monoisotopic (exact) mass is 355 g/mol. The van der Waals surface area contributed by atoms with Gasteiger partial charge in [0.05, 0.1) is 5.56 Å². The van der Waals surface area contributed by atoms with Crippen molar-refractivity contribution in [2.75, 3.05) is 0 Å². The third-order valence-electron chi connectivity index (χ3n) is 6.20. The normalized spacial score (nSPS) is 19.6. The van der Waals surface area contributed by atoms with Crippen LogP contribution in [0, 0.1) is 0 Å². The highest BCUT2D eigenvalue weighted by molar-refractivity contribution is 5.66. The average Bonchev–Trinajstić information content (AvgIpc) is 3.04. The standard InChI is InChI=1S/C25H27N2/c1-16(2)18-10-7-11-19(17(3)4)24(18)27-15-14-26-23-13-12-21(23)20-8-5-6-9-22(20)25(26)27/h5-17,21,23H,1-4H3/q+1. The molecule has 2 heteroatoms. The molecule has 0 amide bonds. The van der Waals surface area contributed by atoms with Crippen LogP contribution in [-0.4, -0.2) is 4.57 Å². The van der Waals surface area contributed by atoms with Crippen LogP contribution < -0.4 is 4.57 Å². The van der Waals surface area contributed by atoms with Crippen LogP contribution in [0.2, 0.25) is 0 Å². The molecule has 1 aliphatic heterocycles. The Kier molecular flexibility index (Phi) is 3.65. The predicted octanol–water partition coefficient (Wildman–Crippen LogP) is 5.89. The average molecular weight is 356 g/mol. The Morgan fingerprint density at radius 2 is 1.56 bits per heavy atom. The second-order valence-corrected chi connectivity index (χ2v) is 8.48. The summed E-state index contributed by atoms with van der Waals surface area (Å²) in [6.07, 6.45) is 9.23. The first kappa shape index (κ1) is 16.6. The van der Waals surface area contributed by atoms with Crippen molar-refractivity contribution in [2.24, 2.45) is 0 Å². The molecule has 2 atom stereocenters. The summed E-state index contributed by atoms with van der Waals surface area (Å²) >= 11 is 0. The smallest absolute Gasteiger partial charge is 0.222 e. The van der Waals surface area contributed by atoms with E-state index in [1.807, 2.05) is 0 Å².